The SMILES string of the molecule is COc1cnc(-n2ccc(C(F)(F)F)n2)c2[nH]cc(C(=O)C(=O)N3CCN(C(=O)c4ccccc4)CC3)c12. The number of amides is 2. The first-order valence-corrected chi connectivity index (χ1v) is 11.5. The standard InChI is InChI=1S/C25H21F3N6O4/c1-38-17-14-30-22(34-8-7-18(31-34)25(26,27)28)20-19(17)16(13-29-20)21(35)24(37)33-11-9-32(10-12-33)23(36)15-5-3-2-4-6-15/h2-8,13-14,29H,9-12H2,1H3. The fourth-order valence-electron chi connectivity index (χ4n) is 4.34. The number of Topliss-reactive ketones (excluding diaryl/α,β-unsaturated/α-hetero) is 1. The Morgan fingerprint density at radius 2 is 1.68 bits per heavy atom. The molecule has 196 valence electrons. The van der Waals surface area contributed by atoms with Crippen molar-refractivity contribution in [2.45, 2.75) is 6.18 Å². The van der Waals surface area contributed by atoms with E-state index in [0.717, 1.165) is 16.9 Å². The predicted octanol–water partition coefficient (Wildman–Crippen LogP) is 2.94. The van der Waals surface area contributed by atoms with Crippen LogP contribution in [0.15, 0.2) is 55.0 Å². The lowest BCUT2D eigenvalue weighted by atomic mass is 10.1. The van der Waals surface area contributed by atoms with Gasteiger partial charge < -0.3 is 19.5 Å². The zero-order chi connectivity index (χ0) is 27.0. The van der Waals surface area contributed by atoms with Crippen LogP contribution >= 0.6 is 0 Å². The minimum atomic E-state index is -4.64. The van der Waals surface area contributed by atoms with E-state index in [0.29, 0.717) is 5.56 Å². The number of nitrogens with zero attached hydrogens (tertiary/aromatic N) is 5. The molecule has 0 aliphatic carbocycles. The van der Waals surface area contributed by atoms with E-state index in [4.69, 9.17) is 4.74 Å². The van der Waals surface area contributed by atoms with Gasteiger partial charge in [0, 0.05) is 44.1 Å². The van der Waals surface area contributed by atoms with Crippen LogP contribution < -0.4 is 4.74 Å². The number of alkyl halides is 3. The molecule has 1 aliphatic rings. The molecule has 2 amide bonds. The van der Waals surface area contributed by atoms with Gasteiger partial charge in [-0.05, 0) is 18.2 Å². The molecular weight excluding hydrogens is 505 g/mol. The Hall–Kier alpha value is -4.68. The fourth-order valence-corrected chi connectivity index (χ4v) is 4.34. The number of carbonyl (C=O) groups is 3. The molecule has 0 bridgehead atoms. The molecule has 3 aromatic heterocycles. The van der Waals surface area contributed by atoms with E-state index in [1.807, 2.05) is 6.07 Å². The smallest absolute Gasteiger partial charge is 0.435 e. The molecule has 0 spiro atoms. The van der Waals surface area contributed by atoms with Gasteiger partial charge in [0.25, 0.3) is 17.6 Å². The van der Waals surface area contributed by atoms with Gasteiger partial charge in [-0.15, -0.1) is 0 Å². The Kier molecular flexibility index (Phi) is 6.35. The van der Waals surface area contributed by atoms with Crippen LogP contribution in [0.4, 0.5) is 13.2 Å². The molecule has 0 saturated carbocycles. The Morgan fingerprint density at radius 3 is 2.32 bits per heavy atom. The van der Waals surface area contributed by atoms with Crippen molar-refractivity contribution in [2.75, 3.05) is 33.3 Å². The van der Waals surface area contributed by atoms with E-state index < -0.39 is 23.6 Å². The number of pyridine rings is 1. The van der Waals surface area contributed by atoms with E-state index in [9.17, 15) is 27.6 Å². The molecule has 10 nitrogen and oxygen atoms in total. The summed E-state index contributed by atoms with van der Waals surface area (Å²) in [5, 5.41) is 3.73. The van der Waals surface area contributed by atoms with Crippen molar-refractivity contribution < 1.29 is 32.3 Å². The van der Waals surface area contributed by atoms with Crippen molar-refractivity contribution in [3.8, 4) is 11.6 Å². The second-order valence-electron chi connectivity index (χ2n) is 8.53. The van der Waals surface area contributed by atoms with E-state index in [1.165, 1.54) is 24.4 Å². The number of nitrogens with one attached hydrogen (secondary N) is 1. The van der Waals surface area contributed by atoms with Gasteiger partial charge in [0.15, 0.2) is 11.5 Å². The third-order valence-corrected chi connectivity index (χ3v) is 6.28. The third-order valence-electron chi connectivity index (χ3n) is 6.28. The Labute approximate surface area is 213 Å². The number of piperazine rings is 1. The van der Waals surface area contributed by atoms with Crippen LogP contribution in [0, 0.1) is 0 Å². The molecule has 1 aromatic carbocycles. The van der Waals surface area contributed by atoms with Crippen LogP contribution in [0.5, 0.6) is 5.75 Å². The lowest BCUT2D eigenvalue weighted by Crippen LogP contribution is -2.52. The number of H-pyrrole nitrogens is 1. The first-order valence-electron chi connectivity index (χ1n) is 11.5. The van der Waals surface area contributed by atoms with Crippen molar-refractivity contribution in [1.29, 1.82) is 0 Å². The van der Waals surface area contributed by atoms with Crippen molar-refractivity contribution >= 4 is 28.5 Å². The highest BCUT2D eigenvalue weighted by Gasteiger charge is 2.35. The highest BCUT2D eigenvalue weighted by molar-refractivity contribution is 6.45. The van der Waals surface area contributed by atoms with Gasteiger partial charge in [-0.1, -0.05) is 18.2 Å². The summed E-state index contributed by atoms with van der Waals surface area (Å²) in [6.45, 7) is 0.865. The molecule has 5 rings (SSSR count). The lowest BCUT2D eigenvalue weighted by molar-refractivity contribution is -0.141. The van der Waals surface area contributed by atoms with Crippen molar-refractivity contribution in [2.24, 2.45) is 0 Å². The summed E-state index contributed by atoms with van der Waals surface area (Å²) in [6.07, 6.45) is -1.01. The number of aromatic nitrogens is 4. The lowest BCUT2D eigenvalue weighted by Gasteiger charge is -2.34. The average Bonchev–Trinajstić information content (AvgIpc) is 3.60. The number of rotatable bonds is 5. The zero-order valence-corrected chi connectivity index (χ0v) is 20.0. The van der Waals surface area contributed by atoms with Gasteiger partial charge in [-0.2, -0.15) is 18.3 Å². The fraction of sp³-hybridized carbons (Fsp3) is 0.240. The maximum absolute atomic E-state index is 13.3. The summed E-state index contributed by atoms with van der Waals surface area (Å²) < 4.78 is 45.4. The average molecular weight is 526 g/mol. The molecule has 1 N–H and O–H groups in total. The molecule has 4 aromatic rings. The highest BCUT2D eigenvalue weighted by Crippen LogP contribution is 2.33. The second kappa shape index (κ2) is 9.65. The van der Waals surface area contributed by atoms with Crippen LogP contribution in [-0.4, -0.2) is 80.4 Å². The van der Waals surface area contributed by atoms with Gasteiger partial charge in [-0.25, -0.2) is 9.67 Å². The monoisotopic (exact) mass is 526 g/mol. The Balaban J connectivity index is 1.38. The maximum Gasteiger partial charge on any atom is 0.435 e. The Bertz CT molecular complexity index is 1520. The number of fused-ring (bicyclic) bond motifs is 1. The summed E-state index contributed by atoms with van der Waals surface area (Å²) in [5.41, 5.74) is -0.406. The molecule has 1 fully saturated rings. The molecule has 0 unspecified atom stereocenters. The number of aromatic amines is 1. The van der Waals surface area contributed by atoms with Crippen molar-refractivity contribution in [3.05, 3.63) is 71.8 Å². The van der Waals surface area contributed by atoms with Gasteiger partial charge in [0.05, 0.1) is 29.8 Å². The quantitative estimate of drug-likeness (QED) is 0.316. The largest absolute Gasteiger partial charge is 0.494 e. The minimum Gasteiger partial charge on any atom is -0.494 e. The number of halogens is 3. The number of methoxy groups -OCH3 is 1. The molecule has 1 saturated heterocycles. The molecule has 4 heterocycles. The summed E-state index contributed by atoms with van der Waals surface area (Å²) >= 11 is 0. The minimum absolute atomic E-state index is 0.00385. The molecule has 38 heavy (non-hydrogen) atoms. The van der Waals surface area contributed by atoms with Crippen LogP contribution in [0.3, 0.4) is 0 Å². The summed E-state index contributed by atoms with van der Waals surface area (Å²) in [6, 6.07) is 9.58. The molecule has 0 radical (unpaired) electrons. The van der Waals surface area contributed by atoms with E-state index in [-0.39, 0.29) is 60.1 Å². The number of benzene rings is 1. The van der Waals surface area contributed by atoms with Crippen molar-refractivity contribution in [1.82, 2.24) is 29.5 Å². The first-order chi connectivity index (χ1) is 18.2. The zero-order valence-electron chi connectivity index (χ0n) is 20.0. The van der Waals surface area contributed by atoms with Crippen LogP contribution in [0.25, 0.3) is 16.7 Å². The number of hydrogen-bond donors (Lipinski definition) is 1. The first kappa shape index (κ1) is 25.0. The maximum atomic E-state index is 13.3. The van der Waals surface area contributed by atoms with Gasteiger partial charge >= 0.3 is 6.18 Å². The number of carbonyl (C=O) groups excluding carboxylic acids is 3. The summed E-state index contributed by atoms with van der Waals surface area (Å²) in [7, 11) is 1.35. The van der Waals surface area contributed by atoms with Crippen LogP contribution in [0.1, 0.15) is 26.4 Å². The Morgan fingerprint density at radius 1 is 1.00 bits per heavy atom. The third kappa shape index (κ3) is 4.46. The second-order valence-corrected chi connectivity index (χ2v) is 8.53. The molecular formula is C25H21F3N6O4. The van der Waals surface area contributed by atoms with Gasteiger partial charge in [0.2, 0.25) is 0 Å². The predicted molar refractivity (Wildman–Crippen MR) is 128 cm³/mol. The summed E-state index contributed by atoms with van der Waals surface area (Å²) in [5.74, 6) is -1.60. The van der Waals surface area contributed by atoms with Gasteiger partial charge in [0.1, 0.15) is 5.75 Å². The topological polar surface area (TPSA) is 113 Å². The number of hydrogen-bond acceptors (Lipinski definition) is 6. The van der Waals surface area contributed by atoms with Crippen LogP contribution in [-0.2, 0) is 11.0 Å². The van der Waals surface area contributed by atoms with E-state index in [1.54, 1.807) is 29.2 Å². The van der Waals surface area contributed by atoms with Gasteiger partial charge in [-0.3, -0.25) is 14.4 Å². The normalized spacial score (nSPS) is 14.1. The molecule has 13 heteroatoms. The number of ether oxygens (including phenoxy) is 1. The summed E-state index contributed by atoms with van der Waals surface area (Å²) in [4.78, 5) is 49.0. The van der Waals surface area contributed by atoms with E-state index >= 15 is 0 Å². The van der Waals surface area contributed by atoms with Crippen LogP contribution in [0.2, 0.25) is 0 Å². The van der Waals surface area contributed by atoms with Crippen molar-refractivity contribution in [3.63, 3.8) is 0 Å². The van der Waals surface area contributed by atoms with E-state index in [2.05, 4.69) is 15.1 Å². The number of ketones is 1. The molecule has 0 atom stereocenters. The molecule has 1 aliphatic heterocycles. The highest BCUT2D eigenvalue weighted by atomic mass is 19.4.